The fraction of sp³-hybridized carbons (Fsp3) is 0.389. The second-order valence-electron chi connectivity index (χ2n) is 6.54. The lowest BCUT2D eigenvalue weighted by molar-refractivity contribution is 0.611. The van der Waals surface area contributed by atoms with Gasteiger partial charge in [0.05, 0.1) is 17.9 Å². The number of fused-ring (bicyclic) bond motifs is 3. The topological polar surface area (TPSA) is 93.0 Å². The Morgan fingerprint density at radius 2 is 2.04 bits per heavy atom. The van der Waals surface area contributed by atoms with Crippen molar-refractivity contribution in [2.75, 3.05) is 0 Å². The average molecular weight is 367 g/mol. The zero-order chi connectivity index (χ0) is 18.4. The highest BCUT2D eigenvalue weighted by atomic mass is 32.1. The Morgan fingerprint density at radius 3 is 2.81 bits per heavy atom. The van der Waals surface area contributed by atoms with Gasteiger partial charge in [-0.2, -0.15) is 10.4 Å². The number of thiazole rings is 1. The molecule has 0 spiro atoms. The molecule has 7 nitrogen and oxygen atoms in total. The third kappa shape index (κ3) is 2.56. The maximum Gasteiger partial charge on any atom is 0.285 e. The van der Waals surface area contributed by atoms with Gasteiger partial charge in [0.2, 0.25) is 0 Å². The molecule has 0 radical (unpaired) electrons. The molecule has 0 aliphatic heterocycles. The van der Waals surface area contributed by atoms with Gasteiger partial charge in [-0.05, 0) is 45.1 Å². The molecule has 4 rings (SSSR count). The van der Waals surface area contributed by atoms with E-state index in [0.29, 0.717) is 21.9 Å². The zero-order valence-electron chi connectivity index (χ0n) is 14.6. The van der Waals surface area contributed by atoms with Crippen LogP contribution < -0.4 is 11.1 Å². The van der Waals surface area contributed by atoms with E-state index in [1.165, 1.54) is 15.6 Å². The van der Waals surface area contributed by atoms with E-state index in [1.54, 1.807) is 29.6 Å². The third-order valence-electron chi connectivity index (χ3n) is 4.87. The number of aryl methyl sites for hydroxylation is 3. The first-order valence-corrected chi connectivity index (χ1v) is 9.33. The molecule has 0 aromatic carbocycles. The highest BCUT2D eigenvalue weighted by Gasteiger charge is 2.19. The van der Waals surface area contributed by atoms with Crippen LogP contribution in [-0.4, -0.2) is 19.2 Å². The molecule has 132 valence electrons. The zero-order valence-corrected chi connectivity index (χ0v) is 15.4. The highest BCUT2D eigenvalue weighted by molar-refractivity contribution is 7.17. The largest absolute Gasteiger partial charge is 0.285 e. The van der Waals surface area contributed by atoms with Crippen LogP contribution in [0.1, 0.15) is 45.9 Å². The molecule has 0 bridgehead atoms. The van der Waals surface area contributed by atoms with Gasteiger partial charge in [-0.1, -0.05) is 0 Å². The van der Waals surface area contributed by atoms with Gasteiger partial charge in [-0.15, -0.1) is 11.3 Å². The molecule has 0 unspecified atom stereocenters. The van der Waals surface area contributed by atoms with E-state index in [2.05, 4.69) is 10.1 Å². The summed E-state index contributed by atoms with van der Waals surface area (Å²) in [5.74, 6) is 0. The second kappa shape index (κ2) is 6.18. The standard InChI is InChI=1S/C18H17N5O2S/c1-10-11(2)21-22(17(25)13(10)8-19)9-12-7-16(24)23-14-5-3-4-6-15(14)26-18(23)20-12/h7H,3-6,9H2,1-2H3. The van der Waals surface area contributed by atoms with Gasteiger partial charge in [-0.25, -0.2) is 9.67 Å². The minimum Gasteiger partial charge on any atom is -0.269 e. The van der Waals surface area contributed by atoms with E-state index in [4.69, 9.17) is 0 Å². The number of hydrogen-bond donors (Lipinski definition) is 0. The van der Waals surface area contributed by atoms with Gasteiger partial charge in [0.1, 0.15) is 11.6 Å². The summed E-state index contributed by atoms with van der Waals surface area (Å²) in [5, 5.41) is 13.5. The van der Waals surface area contributed by atoms with Gasteiger partial charge in [-0.3, -0.25) is 14.0 Å². The lowest BCUT2D eigenvalue weighted by atomic mass is 10.0. The fourth-order valence-corrected chi connectivity index (χ4v) is 4.62. The summed E-state index contributed by atoms with van der Waals surface area (Å²) in [4.78, 5) is 31.6. The molecule has 3 aromatic rings. The van der Waals surface area contributed by atoms with Crippen molar-refractivity contribution in [3.8, 4) is 6.07 Å². The molecule has 0 saturated carbocycles. The number of hydrogen-bond acceptors (Lipinski definition) is 6. The summed E-state index contributed by atoms with van der Waals surface area (Å²) >= 11 is 1.55. The van der Waals surface area contributed by atoms with Crippen LogP contribution in [0.3, 0.4) is 0 Å². The summed E-state index contributed by atoms with van der Waals surface area (Å²) in [5.41, 5.74) is 2.27. The molecule has 26 heavy (non-hydrogen) atoms. The van der Waals surface area contributed by atoms with Gasteiger partial charge in [0.15, 0.2) is 4.96 Å². The van der Waals surface area contributed by atoms with Crippen molar-refractivity contribution < 1.29 is 0 Å². The van der Waals surface area contributed by atoms with Crippen molar-refractivity contribution in [3.05, 3.63) is 59.9 Å². The van der Waals surface area contributed by atoms with E-state index in [1.807, 2.05) is 6.07 Å². The molecule has 0 saturated heterocycles. The molecular weight excluding hydrogens is 350 g/mol. The Labute approximate surface area is 153 Å². The molecule has 3 aromatic heterocycles. The second-order valence-corrected chi connectivity index (χ2v) is 7.60. The summed E-state index contributed by atoms with van der Waals surface area (Å²) in [6, 6.07) is 3.41. The SMILES string of the molecule is Cc1nn(Cc2cc(=O)n3c4c(sc3n2)CCCC4)c(=O)c(C#N)c1C. The van der Waals surface area contributed by atoms with Crippen molar-refractivity contribution in [2.45, 2.75) is 46.1 Å². The normalized spacial score (nSPS) is 13.6. The van der Waals surface area contributed by atoms with Crippen LogP contribution in [0, 0.1) is 25.2 Å². The van der Waals surface area contributed by atoms with Crippen LogP contribution in [-0.2, 0) is 19.4 Å². The van der Waals surface area contributed by atoms with Gasteiger partial charge >= 0.3 is 0 Å². The maximum atomic E-state index is 12.6. The Morgan fingerprint density at radius 1 is 1.27 bits per heavy atom. The Bertz CT molecular complexity index is 1200. The molecule has 0 fully saturated rings. The Hall–Kier alpha value is -2.79. The lowest BCUT2D eigenvalue weighted by Crippen LogP contribution is -2.29. The van der Waals surface area contributed by atoms with Crippen LogP contribution in [0.2, 0.25) is 0 Å². The number of rotatable bonds is 2. The molecule has 0 atom stereocenters. The van der Waals surface area contributed by atoms with E-state index in [0.717, 1.165) is 31.4 Å². The predicted molar refractivity (Wildman–Crippen MR) is 97.8 cm³/mol. The molecule has 0 N–H and O–H groups in total. The first-order valence-electron chi connectivity index (χ1n) is 8.51. The van der Waals surface area contributed by atoms with E-state index >= 15 is 0 Å². The molecule has 0 amide bonds. The van der Waals surface area contributed by atoms with Crippen LogP contribution in [0.15, 0.2) is 15.7 Å². The van der Waals surface area contributed by atoms with Crippen molar-refractivity contribution in [1.82, 2.24) is 19.2 Å². The highest BCUT2D eigenvalue weighted by Crippen LogP contribution is 2.28. The Balaban J connectivity index is 1.82. The van der Waals surface area contributed by atoms with Crippen molar-refractivity contribution in [2.24, 2.45) is 0 Å². The summed E-state index contributed by atoms with van der Waals surface area (Å²) in [6.07, 6.45) is 4.12. The number of nitrogens with zero attached hydrogens (tertiary/aromatic N) is 5. The van der Waals surface area contributed by atoms with Crippen molar-refractivity contribution in [1.29, 1.82) is 5.26 Å². The average Bonchev–Trinajstić information content (AvgIpc) is 2.99. The van der Waals surface area contributed by atoms with Crippen LogP contribution in [0.5, 0.6) is 0 Å². The van der Waals surface area contributed by atoms with Crippen molar-refractivity contribution >= 4 is 16.3 Å². The molecule has 1 aliphatic rings. The first kappa shape index (κ1) is 16.7. The third-order valence-corrected chi connectivity index (χ3v) is 6.02. The minimum absolute atomic E-state index is 0.0724. The van der Waals surface area contributed by atoms with Gasteiger partial charge in [0, 0.05) is 16.6 Å². The first-order chi connectivity index (χ1) is 12.5. The minimum atomic E-state index is -0.455. The lowest BCUT2D eigenvalue weighted by Gasteiger charge is -2.10. The smallest absolute Gasteiger partial charge is 0.269 e. The quantitative estimate of drug-likeness (QED) is 0.688. The van der Waals surface area contributed by atoms with E-state index in [9.17, 15) is 14.9 Å². The van der Waals surface area contributed by atoms with Gasteiger partial charge < -0.3 is 0 Å². The Kier molecular flexibility index (Phi) is 3.96. The summed E-state index contributed by atoms with van der Waals surface area (Å²) in [7, 11) is 0. The van der Waals surface area contributed by atoms with Crippen LogP contribution in [0.25, 0.3) is 4.96 Å². The summed E-state index contributed by atoms with van der Waals surface area (Å²) < 4.78 is 2.91. The van der Waals surface area contributed by atoms with Crippen LogP contribution in [0.4, 0.5) is 0 Å². The predicted octanol–water partition coefficient (Wildman–Crippen LogP) is 1.73. The fourth-order valence-electron chi connectivity index (χ4n) is 3.39. The molecular formula is C18H17N5O2S. The molecule has 8 heteroatoms. The summed E-state index contributed by atoms with van der Waals surface area (Å²) in [6.45, 7) is 3.54. The number of aromatic nitrogens is 4. The monoisotopic (exact) mass is 367 g/mol. The van der Waals surface area contributed by atoms with Crippen LogP contribution >= 0.6 is 11.3 Å². The molecule has 1 aliphatic carbocycles. The van der Waals surface area contributed by atoms with E-state index in [-0.39, 0.29) is 17.7 Å². The van der Waals surface area contributed by atoms with Gasteiger partial charge in [0.25, 0.3) is 11.1 Å². The maximum absolute atomic E-state index is 12.6. The number of nitriles is 1. The van der Waals surface area contributed by atoms with Crippen molar-refractivity contribution in [3.63, 3.8) is 0 Å². The van der Waals surface area contributed by atoms with E-state index < -0.39 is 5.56 Å². The molecule has 3 heterocycles.